The summed E-state index contributed by atoms with van der Waals surface area (Å²) in [7, 11) is 0. The van der Waals surface area contributed by atoms with Crippen molar-refractivity contribution in [3.05, 3.63) is 69.6 Å². The second-order valence-electron chi connectivity index (χ2n) is 5.83. The van der Waals surface area contributed by atoms with Crippen LogP contribution in [0.3, 0.4) is 0 Å². The van der Waals surface area contributed by atoms with Gasteiger partial charge in [0.05, 0.1) is 4.91 Å². The molecule has 0 aromatic heterocycles. The number of benzene rings is 2. The maximum atomic E-state index is 12.0. The second-order valence-corrected chi connectivity index (χ2v) is 6.86. The number of aryl methyl sites for hydroxylation is 2. The molecule has 6 heteroatoms. The highest BCUT2D eigenvalue weighted by atomic mass is 32.2. The molecule has 1 aliphatic heterocycles. The lowest BCUT2D eigenvalue weighted by atomic mass is 10.0. The summed E-state index contributed by atoms with van der Waals surface area (Å²) in [6.45, 7) is 4.46. The van der Waals surface area contributed by atoms with Crippen LogP contribution in [0, 0.1) is 25.3 Å². The summed E-state index contributed by atoms with van der Waals surface area (Å²) >= 11 is 1.16. The highest BCUT2D eigenvalue weighted by molar-refractivity contribution is 8.18. The van der Waals surface area contributed by atoms with Gasteiger partial charge in [0.2, 0.25) is 6.19 Å². The number of rotatable bonds is 4. The van der Waals surface area contributed by atoms with E-state index in [1.807, 2.05) is 62.4 Å². The molecule has 1 amide bonds. The zero-order chi connectivity index (χ0) is 18.5. The standard InChI is InChI=1S/C20H17N3O2S/c1-13-9-17(25-11-15-6-4-3-5-7-15)14(2)8-16(13)10-18-19(24)23-20(26-18)22-12-21/h3-10H,11H2,1-2H3,(H,22,23,24). The average molecular weight is 363 g/mol. The smallest absolute Gasteiger partial charge is 0.264 e. The molecule has 3 rings (SSSR count). The van der Waals surface area contributed by atoms with Crippen molar-refractivity contribution in [1.29, 1.82) is 5.26 Å². The molecule has 0 spiro atoms. The Hall–Kier alpha value is -3.04. The molecule has 26 heavy (non-hydrogen) atoms. The highest BCUT2D eigenvalue weighted by Crippen LogP contribution is 2.30. The topological polar surface area (TPSA) is 74.5 Å². The number of carbonyl (C=O) groups excluding carboxylic acids is 1. The number of amidine groups is 1. The number of hydrogen-bond donors (Lipinski definition) is 1. The Bertz CT molecular complexity index is 944. The van der Waals surface area contributed by atoms with E-state index in [-0.39, 0.29) is 5.91 Å². The summed E-state index contributed by atoms with van der Waals surface area (Å²) in [6, 6.07) is 14.0. The predicted molar refractivity (Wildman–Crippen MR) is 103 cm³/mol. The third-order valence-corrected chi connectivity index (χ3v) is 4.80. The molecular weight excluding hydrogens is 346 g/mol. The van der Waals surface area contributed by atoms with Gasteiger partial charge < -0.3 is 4.74 Å². The third-order valence-electron chi connectivity index (χ3n) is 3.89. The molecule has 2 aromatic carbocycles. The highest BCUT2D eigenvalue weighted by Gasteiger charge is 2.24. The SMILES string of the molecule is Cc1cc(OCc2ccccc2)c(C)cc1C=C1SC(=NC#N)NC1=O. The molecule has 2 aromatic rings. The fourth-order valence-electron chi connectivity index (χ4n) is 2.53. The molecule has 0 saturated carbocycles. The van der Waals surface area contributed by atoms with Crippen LogP contribution in [-0.2, 0) is 11.4 Å². The van der Waals surface area contributed by atoms with Crippen LogP contribution in [0.4, 0.5) is 0 Å². The number of amides is 1. The second kappa shape index (κ2) is 7.89. The van der Waals surface area contributed by atoms with Crippen molar-refractivity contribution >= 4 is 28.9 Å². The number of carbonyl (C=O) groups is 1. The van der Waals surface area contributed by atoms with E-state index in [0.29, 0.717) is 16.7 Å². The van der Waals surface area contributed by atoms with Gasteiger partial charge in [-0.2, -0.15) is 5.26 Å². The van der Waals surface area contributed by atoms with Crippen molar-refractivity contribution in [2.75, 3.05) is 0 Å². The molecule has 5 nitrogen and oxygen atoms in total. The lowest BCUT2D eigenvalue weighted by Gasteiger charge is -2.12. The molecule has 1 heterocycles. The van der Waals surface area contributed by atoms with Crippen molar-refractivity contribution in [2.45, 2.75) is 20.5 Å². The summed E-state index contributed by atoms with van der Waals surface area (Å²) < 4.78 is 5.94. The number of aliphatic imine (C=N–C) groups is 1. The maximum absolute atomic E-state index is 12.0. The van der Waals surface area contributed by atoms with Gasteiger partial charge in [0.1, 0.15) is 12.4 Å². The molecule has 130 valence electrons. The molecular formula is C20H17N3O2S. The van der Waals surface area contributed by atoms with Crippen LogP contribution in [0.25, 0.3) is 6.08 Å². The summed E-state index contributed by atoms with van der Waals surface area (Å²) in [5.74, 6) is 0.578. The monoisotopic (exact) mass is 363 g/mol. The minimum absolute atomic E-state index is 0.245. The Balaban J connectivity index is 1.79. The van der Waals surface area contributed by atoms with E-state index in [9.17, 15) is 4.79 Å². The van der Waals surface area contributed by atoms with Gasteiger partial charge in [-0.25, -0.2) is 0 Å². The van der Waals surface area contributed by atoms with Crippen LogP contribution in [-0.4, -0.2) is 11.1 Å². The number of nitrogens with one attached hydrogen (secondary N) is 1. The summed E-state index contributed by atoms with van der Waals surface area (Å²) in [5.41, 5.74) is 4.04. The number of hydrogen-bond acceptors (Lipinski definition) is 5. The molecule has 0 aliphatic carbocycles. The van der Waals surface area contributed by atoms with E-state index in [0.717, 1.165) is 39.8 Å². The fraction of sp³-hybridized carbons (Fsp3) is 0.150. The fourth-order valence-corrected chi connectivity index (χ4v) is 3.29. The zero-order valence-corrected chi connectivity index (χ0v) is 15.3. The Kier molecular flexibility index (Phi) is 5.40. The molecule has 0 atom stereocenters. The Morgan fingerprint density at radius 3 is 2.73 bits per heavy atom. The van der Waals surface area contributed by atoms with Gasteiger partial charge in [-0.1, -0.05) is 30.3 Å². The van der Waals surface area contributed by atoms with Crippen molar-refractivity contribution in [1.82, 2.24) is 5.32 Å². The minimum Gasteiger partial charge on any atom is -0.489 e. The zero-order valence-electron chi connectivity index (χ0n) is 14.4. The van der Waals surface area contributed by atoms with Crippen LogP contribution in [0.1, 0.15) is 22.3 Å². The van der Waals surface area contributed by atoms with E-state index >= 15 is 0 Å². The maximum Gasteiger partial charge on any atom is 0.264 e. The summed E-state index contributed by atoms with van der Waals surface area (Å²) in [4.78, 5) is 16.1. The van der Waals surface area contributed by atoms with Crippen molar-refractivity contribution in [3.63, 3.8) is 0 Å². The number of nitriles is 1. The van der Waals surface area contributed by atoms with E-state index in [1.165, 1.54) is 0 Å². The van der Waals surface area contributed by atoms with E-state index < -0.39 is 0 Å². The molecule has 0 unspecified atom stereocenters. The number of thioether (sulfide) groups is 1. The minimum atomic E-state index is -0.245. The Morgan fingerprint density at radius 2 is 2.00 bits per heavy atom. The van der Waals surface area contributed by atoms with Gasteiger partial charge in [-0.3, -0.25) is 10.1 Å². The Morgan fingerprint density at radius 1 is 1.23 bits per heavy atom. The average Bonchev–Trinajstić information content (AvgIpc) is 2.97. The van der Waals surface area contributed by atoms with Crippen LogP contribution in [0.15, 0.2) is 52.4 Å². The third kappa shape index (κ3) is 4.13. The lowest BCUT2D eigenvalue weighted by molar-refractivity contribution is -0.115. The first-order chi connectivity index (χ1) is 12.6. The molecule has 1 aliphatic rings. The van der Waals surface area contributed by atoms with Gasteiger partial charge >= 0.3 is 0 Å². The largest absolute Gasteiger partial charge is 0.489 e. The predicted octanol–water partition coefficient (Wildman–Crippen LogP) is 3.92. The molecule has 1 saturated heterocycles. The van der Waals surface area contributed by atoms with Crippen molar-refractivity contribution in [2.24, 2.45) is 4.99 Å². The summed E-state index contributed by atoms with van der Waals surface area (Å²) in [5, 5.41) is 11.5. The molecule has 0 radical (unpaired) electrons. The van der Waals surface area contributed by atoms with Crippen molar-refractivity contribution in [3.8, 4) is 11.9 Å². The molecule has 0 bridgehead atoms. The quantitative estimate of drug-likeness (QED) is 0.660. The van der Waals surface area contributed by atoms with Crippen LogP contribution in [0.5, 0.6) is 5.75 Å². The van der Waals surface area contributed by atoms with Crippen LogP contribution >= 0.6 is 11.8 Å². The van der Waals surface area contributed by atoms with Gasteiger partial charge in [-0.05, 0) is 66.1 Å². The van der Waals surface area contributed by atoms with E-state index in [1.54, 1.807) is 6.19 Å². The van der Waals surface area contributed by atoms with E-state index in [2.05, 4.69) is 10.3 Å². The van der Waals surface area contributed by atoms with Crippen molar-refractivity contribution < 1.29 is 9.53 Å². The first kappa shape index (κ1) is 17.8. The van der Waals surface area contributed by atoms with Gasteiger partial charge in [-0.15, -0.1) is 4.99 Å². The summed E-state index contributed by atoms with van der Waals surface area (Å²) in [6.07, 6.45) is 3.49. The Labute approximate surface area is 156 Å². The van der Waals surface area contributed by atoms with E-state index in [4.69, 9.17) is 10.00 Å². The lowest BCUT2D eigenvalue weighted by Crippen LogP contribution is -2.19. The van der Waals surface area contributed by atoms with Crippen LogP contribution in [0.2, 0.25) is 0 Å². The normalized spacial score (nSPS) is 16.6. The first-order valence-electron chi connectivity index (χ1n) is 8.02. The number of nitrogens with zero attached hydrogens (tertiary/aromatic N) is 2. The molecule has 1 fully saturated rings. The van der Waals surface area contributed by atoms with Crippen LogP contribution < -0.4 is 10.1 Å². The van der Waals surface area contributed by atoms with Gasteiger partial charge in [0.15, 0.2) is 5.17 Å². The molecule has 1 N–H and O–H groups in total. The first-order valence-corrected chi connectivity index (χ1v) is 8.84. The van der Waals surface area contributed by atoms with Gasteiger partial charge in [0.25, 0.3) is 5.91 Å². The van der Waals surface area contributed by atoms with Gasteiger partial charge in [0, 0.05) is 0 Å². The number of ether oxygens (including phenoxy) is 1.